The smallest absolute Gasteiger partial charge is 0.191 e. The maximum atomic E-state index is 4.58. The Hall–Kier alpha value is -0.440. The van der Waals surface area contributed by atoms with Crippen LogP contribution in [0.4, 0.5) is 0 Å². The van der Waals surface area contributed by atoms with E-state index in [1.165, 1.54) is 18.6 Å². The first-order chi connectivity index (χ1) is 9.86. The van der Waals surface area contributed by atoms with E-state index >= 15 is 0 Å². The Balaban J connectivity index is 0.00000400. The van der Waals surface area contributed by atoms with Crippen LogP contribution < -0.4 is 10.6 Å². The Morgan fingerprint density at radius 1 is 1.29 bits per heavy atom. The summed E-state index contributed by atoms with van der Waals surface area (Å²) in [6, 6.07) is 1.95. The van der Waals surface area contributed by atoms with E-state index in [0.717, 1.165) is 38.6 Å². The van der Waals surface area contributed by atoms with Gasteiger partial charge < -0.3 is 10.6 Å². The maximum absolute atomic E-state index is 4.58. The largest absolute Gasteiger partial charge is 0.357 e. The van der Waals surface area contributed by atoms with Crippen molar-refractivity contribution >= 4 is 41.7 Å². The summed E-state index contributed by atoms with van der Waals surface area (Å²) in [7, 11) is 0. The fraction of sp³-hybridized carbons (Fsp3) is 0.714. The van der Waals surface area contributed by atoms with Crippen molar-refractivity contribution in [3.8, 4) is 0 Å². The van der Waals surface area contributed by atoms with Gasteiger partial charge in [0, 0.05) is 38.6 Å². The van der Waals surface area contributed by atoms with Gasteiger partial charge in [0.2, 0.25) is 0 Å². The number of unbranched alkanes of at least 4 members (excludes halogenated alkanes) is 1. The molecule has 5 nitrogen and oxygen atoms in total. The monoisotopic (exact) mass is 425 g/mol. The average molecular weight is 425 g/mol. The molecule has 1 aromatic heterocycles. The molecule has 0 unspecified atom stereocenters. The molecule has 0 saturated heterocycles. The van der Waals surface area contributed by atoms with E-state index in [-0.39, 0.29) is 24.0 Å². The number of aromatic nitrogens is 2. The molecular formula is C14H28IN5S. The van der Waals surface area contributed by atoms with Gasteiger partial charge in [-0.05, 0) is 44.3 Å². The lowest BCUT2D eigenvalue weighted by Crippen LogP contribution is -2.37. The topological polar surface area (TPSA) is 54.2 Å². The first-order valence-electron chi connectivity index (χ1n) is 7.35. The molecular weight excluding hydrogens is 397 g/mol. The average Bonchev–Trinajstić information content (AvgIpc) is 2.96. The zero-order chi connectivity index (χ0) is 14.5. The Bertz CT molecular complexity index is 356. The molecule has 0 aliphatic rings. The molecule has 1 heterocycles. The summed E-state index contributed by atoms with van der Waals surface area (Å²) in [5.74, 6) is 2.16. The number of aliphatic imine (C=N–C) groups is 1. The lowest BCUT2D eigenvalue weighted by Gasteiger charge is -2.11. The Morgan fingerprint density at radius 3 is 2.81 bits per heavy atom. The van der Waals surface area contributed by atoms with E-state index in [1.54, 1.807) is 0 Å². The molecule has 1 rings (SSSR count). The Kier molecular flexibility index (Phi) is 14.2. The number of nitrogens with zero attached hydrogens (tertiary/aromatic N) is 3. The minimum atomic E-state index is 0. The van der Waals surface area contributed by atoms with Crippen LogP contribution in [-0.2, 0) is 6.54 Å². The molecule has 0 radical (unpaired) electrons. The fourth-order valence-electron chi connectivity index (χ4n) is 1.78. The third-order valence-electron chi connectivity index (χ3n) is 2.79. The van der Waals surface area contributed by atoms with Crippen LogP contribution in [0.25, 0.3) is 0 Å². The zero-order valence-corrected chi connectivity index (χ0v) is 16.2. The van der Waals surface area contributed by atoms with Crippen molar-refractivity contribution < 1.29 is 0 Å². The molecule has 0 aliphatic carbocycles. The lowest BCUT2D eigenvalue weighted by atomic mass is 10.3. The van der Waals surface area contributed by atoms with Crippen molar-refractivity contribution in [2.75, 3.05) is 31.6 Å². The molecule has 2 N–H and O–H groups in total. The minimum Gasteiger partial charge on any atom is -0.357 e. The summed E-state index contributed by atoms with van der Waals surface area (Å²) in [6.45, 7) is 5.72. The highest BCUT2D eigenvalue weighted by molar-refractivity contribution is 14.0. The van der Waals surface area contributed by atoms with Crippen molar-refractivity contribution in [2.24, 2.45) is 4.99 Å². The first-order valence-corrected chi connectivity index (χ1v) is 8.74. The molecule has 7 heteroatoms. The normalized spacial score (nSPS) is 11.0. The Morgan fingerprint density at radius 2 is 2.14 bits per heavy atom. The van der Waals surface area contributed by atoms with Crippen molar-refractivity contribution in [3.05, 3.63) is 18.5 Å². The van der Waals surface area contributed by atoms with Crippen molar-refractivity contribution in [1.29, 1.82) is 0 Å². The van der Waals surface area contributed by atoms with E-state index in [1.807, 2.05) is 34.9 Å². The number of rotatable bonds is 10. The molecule has 0 amide bonds. The molecule has 0 fully saturated rings. The van der Waals surface area contributed by atoms with Gasteiger partial charge in [0.05, 0.1) is 0 Å². The molecule has 0 saturated carbocycles. The quantitative estimate of drug-likeness (QED) is 0.262. The van der Waals surface area contributed by atoms with Gasteiger partial charge >= 0.3 is 0 Å². The van der Waals surface area contributed by atoms with E-state index in [9.17, 15) is 0 Å². The van der Waals surface area contributed by atoms with Crippen LogP contribution in [0.1, 0.15) is 26.2 Å². The van der Waals surface area contributed by atoms with Gasteiger partial charge in [0.25, 0.3) is 0 Å². The minimum absolute atomic E-state index is 0. The Labute approximate surface area is 149 Å². The lowest BCUT2D eigenvalue weighted by molar-refractivity contribution is 0.583. The molecule has 0 aliphatic heterocycles. The zero-order valence-electron chi connectivity index (χ0n) is 13.0. The maximum Gasteiger partial charge on any atom is 0.191 e. The molecule has 122 valence electrons. The van der Waals surface area contributed by atoms with Crippen molar-refractivity contribution in [2.45, 2.75) is 32.7 Å². The van der Waals surface area contributed by atoms with E-state index < -0.39 is 0 Å². The summed E-state index contributed by atoms with van der Waals surface area (Å²) in [4.78, 5) is 4.58. The number of nitrogens with one attached hydrogen (secondary N) is 2. The van der Waals surface area contributed by atoms with Crippen LogP contribution >= 0.6 is 35.7 Å². The predicted molar refractivity (Wildman–Crippen MR) is 104 cm³/mol. The number of thioether (sulfide) groups is 1. The van der Waals surface area contributed by atoms with Gasteiger partial charge in [-0.15, -0.1) is 24.0 Å². The van der Waals surface area contributed by atoms with Gasteiger partial charge in [-0.25, -0.2) is 0 Å². The fourth-order valence-corrected chi connectivity index (χ4v) is 2.27. The number of hydrogen-bond donors (Lipinski definition) is 2. The highest BCUT2D eigenvalue weighted by Gasteiger charge is 1.96. The molecule has 0 atom stereocenters. The summed E-state index contributed by atoms with van der Waals surface area (Å²) in [5, 5.41) is 10.8. The second kappa shape index (κ2) is 14.5. The van der Waals surface area contributed by atoms with Crippen LogP contribution in [0, 0.1) is 0 Å². The highest BCUT2D eigenvalue weighted by atomic mass is 127. The van der Waals surface area contributed by atoms with Crippen molar-refractivity contribution in [1.82, 2.24) is 20.4 Å². The van der Waals surface area contributed by atoms with E-state index in [0.29, 0.717) is 0 Å². The number of guanidine groups is 1. The molecule has 0 spiro atoms. The number of aryl methyl sites for hydroxylation is 1. The van der Waals surface area contributed by atoms with Crippen LogP contribution in [0.3, 0.4) is 0 Å². The van der Waals surface area contributed by atoms with Gasteiger partial charge in [0.1, 0.15) is 0 Å². The number of halogens is 1. The van der Waals surface area contributed by atoms with Crippen molar-refractivity contribution in [3.63, 3.8) is 0 Å². The first kappa shape index (κ1) is 20.6. The molecule has 1 aromatic rings. The van der Waals surface area contributed by atoms with Crippen LogP contribution in [0.15, 0.2) is 23.5 Å². The summed E-state index contributed by atoms with van der Waals surface area (Å²) in [6.07, 6.45) is 9.40. The molecule has 0 bridgehead atoms. The third kappa shape index (κ3) is 10.9. The van der Waals surface area contributed by atoms with Crippen LogP contribution in [-0.4, -0.2) is 47.4 Å². The summed E-state index contributed by atoms with van der Waals surface area (Å²) < 4.78 is 1.94. The standard InChI is InChI=1S/C14H27N5S.HI/c1-3-15-14(16-8-4-5-13-20-2)17-9-6-11-19-12-7-10-18-19;/h7,10,12H,3-6,8-9,11,13H2,1-2H3,(H2,15,16,17);1H. The van der Waals surface area contributed by atoms with Gasteiger partial charge in [-0.1, -0.05) is 0 Å². The van der Waals surface area contributed by atoms with Gasteiger partial charge in [0.15, 0.2) is 5.96 Å². The van der Waals surface area contributed by atoms with E-state index in [4.69, 9.17) is 0 Å². The van der Waals surface area contributed by atoms with E-state index in [2.05, 4.69) is 33.9 Å². The summed E-state index contributed by atoms with van der Waals surface area (Å²) >= 11 is 1.90. The van der Waals surface area contributed by atoms with Gasteiger partial charge in [-0.3, -0.25) is 9.67 Å². The summed E-state index contributed by atoms with van der Waals surface area (Å²) in [5.41, 5.74) is 0. The second-order valence-electron chi connectivity index (χ2n) is 4.51. The van der Waals surface area contributed by atoms with Gasteiger partial charge in [-0.2, -0.15) is 16.9 Å². The second-order valence-corrected chi connectivity index (χ2v) is 5.50. The molecule has 0 aromatic carbocycles. The van der Waals surface area contributed by atoms with Crippen LogP contribution in [0.5, 0.6) is 0 Å². The predicted octanol–water partition coefficient (Wildman–Crippen LogP) is 2.59. The number of hydrogen-bond acceptors (Lipinski definition) is 3. The highest BCUT2D eigenvalue weighted by Crippen LogP contribution is 1.97. The van der Waals surface area contributed by atoms with Crippen LogP contribution in [0.2, 0.25) is 0 Å². The SMILES string of the molecule is CCNC(=NCCCn1cccn1)NCCCCSC.I. The third-order valence-corrected chi connectivity index (χ3v) is 3.48. The molecule has 21 heavy (non-hydrogen) atoms.